The topological polar surface area (TPSA) is 120 Å². The van der Waals surface area contributed by atoms with Crippen LogP contribution in [0.5, 0.6) is 0 Å². The van der Waals surface area contributed by atoms with E-state index in [0.717, 1.165) is 75.9 Å². The monoisotopic (exact) mass is 609 g/mol. The summed E-state index contributed by atoms with van der Waals surface area (Å²) >= 11 is 0. The average molecular weight is 610 g/mol. The smallest absolute Gasteiger partial charge is 0.209 e. The molecule has 0 radical (unpaired) electrons. The minimum Gasteiger partial charge on any atom is -0.353 e. The summed E-state index contributed by atoms with van der Waals surface area (Å²) < 4.78 is 40.3. The third-order valence-corrected chi connectivity index (χ3v) is 8.79. The van der Waals surface area contributed by atoms with Gasteiger partial charge in [-0.25, -0.2) is 17.5 Å². The third kappa shape index (κ3) is 5.99. The number of halogens is 1. The Hall–Kier alpha value is -4.45. The van der Waals surface area contributed by atoms with Crippen LogP contribution in [0.2, 0.25) is 0 Å². The lowest BCUT2D eigenvalue weighted by atomic mass is 9.99. The molecule has 0 amide bonds. The van der Waals surface area contributed by atoms with E-state index in [1.165, 1.54) is 37.0 Å². The van der Waals surface area contributed by atoms with E-state index in [4.69, 9.17) is 4.98 Å². The quantitative estimate of drug-likeness (QED) is 0.195. The van der Waals surface area contributed by atoms with E-state index >= 15 is 0 Å². The lowest BCUT2D eigenvalue weighted by Gasteiger charge is -2.26. The zero-order chi connectivity index (χ0) is 30.3. The number of hydrogen-bond acceptors (Lipinski definition) is 6. The summed E-state index contributed by atoms with van der Waals surface area (Å²) in [6, 6.07) is 16.6. The Kier molecular flexibility index (Phi) is 7.45. The minimum absolute atomic E-state index is 0.00423. The maximum atomic E-state index is 14.6. The highest BCUT2D eigenvalue weighted by molar-refractivity contribution is 7.88. The van der Waals surface area contributed by atoms with Gasteiger partial charge in [0.1, 0.15) is 11.5 Å². The number of benzene rings is 2. The van der Waals surface area contributed by atoms with Gasteiger partial charge in [0.25, 0.3) is 0 Å². The number of aromatic nitrogens is 5. The molecular weight excluding hydrogens is 577 g/mol. The molecule has 44 heavy (non-hydrogen) atoms. The molecule has 0 spiro atoms. The molecule has 0 bridgehead atoms. The fourth-order valence-electron chi connectivity index (χ4n) is 6.03. The highest BCUT2D eigenvalue weighted by Gasteiger charge is 2.17. The van der Waals surface area contributed by atoms with Crippen molar-refractivity contribution in [3.05, 3.63) is 90.1 Å². The van der Waals surface area contributed by atoms with Crippen molar-refractivity contribution < 1.29 is 12.8 Å². The molecule has 0 saturated carbocycles. The van der Waals surface area contributed by atoms with Gasteiger partial charge in [-0.3, -0.25) is 20.0 Å². The molecule has 2 aromatic carbocycles. The number of aromatic amines is 2. The van der Waals surface area contributed by atoms with Gasteiger partial charge in [-0.1, -0.05) is 18.6 Å². The Labute approximate surface area is 254 Å². The standard InChI is InChI=1S/C33H32FN7O2S/c1-44(42,43)37-17-21-10-23(13-25(34)12-21)26-6-5-7-29-27(26)14-31(38-29)33-28-15-30(36-19-32(28)39-40-33)24-11-22(16-35-18-24)20-41-8-3-2-4-9-41/h5-7,10-16,18-19,37-38H,2-4,8-9,17,20H2,1H3,(H,39,40). The average Bonchev–Trinajstić information content (AvgIpc) is 3.64. The van der Waals surface area contributed by atoms with Crippen LogP contribution in [-0.2, 0) is 23.1 Å². The molecule has 0 atom stereocenters. The van der Waals surface area contributed by atoms with Crippen molar-refractivity contribution in [1.29, 1.82) is 0 Å². The predicted octanol–water partition coefficient (Wildman–Crippen LogP) is 6.01. The third-order valence-electron chi connectivity index (χ3n) is 8.12. The molecule has 1 saturated heterocycles. The molecule has 5 heterocycles. The number of hydrogen-bond donors (Lipinski definition) is 3. The van der Waals surface area contributed by atoms with E-state index in [1.807, 2.05) is 42.7 Å². The van der Waals surface area contributed by atoms with Crippen LogP contribution >= 0.6 is 0 Å². The molecule has 11 heteroatoms. The fourth-order valence-corrected chi connectivity index (χ4v) is 6.46. The van der Waals surface area contributed by atoms with Crippen molar-refractivity contribution >= 4 is 31.8 Å². The SMILES string of the molecule is CS(=O)(=O)NCc1cc(F)cc(-c2cccc3[nH]c(-c4n[nH]c5cnc(-c6cncc(CN7CCCCC7)c6)cc45)cc23)c1. The molecule has 6 aromatic rings. The van der Waals surface area contributed by atoms with Crippen LogP contribution < -0.4 is 4.72 Å². The van der Waals surface area contributed by atoms with Crippen LogP contribution in [-0.4, -0.2) is 57.8 Å². The molecule has 9 nitrogen and oxygen atoms in total. The molecule has 0 unspecified atom stereocenters. The first kappa shape index (κ1) is 28.3. The van der Waals surface area contributed by atoms with Crippen LogP contribution in [0.4, 0.5) is 4.39 Å². The van der Waals surface area contributed by atoms with Gasteiger partial charge in [-0.2, -0.15) is 5.10 Å². The van der Waals surface area contributed by atoms with E-state index in [2.05, 4.69) is 35.9 Å². The van der Waals surface area contributed by atoms with Gasteiger partial charge in [0.05, 0.1) is 29.4 Å². The largest absolute Gasteiger partial charge is 0.353 e. The molecular formula is C33H32FN7O2S. The molecule has 0 aliphatic carbocycles. The first-order valence-corrected chi connectivity index (χ1v) is 16.6. The second-order valence-corrected chi connectivity index (χ2v) is 13.3. The molecule has 1 aliphatic rings. The summed E-state index contributed by atoms with van der Waals surface area (Å²) in [4.78, 5) is 15.2. The van der Waals surface area contributed by atoms with E-state index < -0.39 is 15.8 Å². The number of piperidine rings is 1. The van der Waals surface area contributed by atoms with Gasteiger partial charge < -0.3 is 4.98 Å². The van der Waals surface area contributed by atoms with Crippen molar-refractivity contribution in [3.8, 4) is 33.8 Å². The van der Waals surface area contributed by atoms with Crippen LogP contribution in [0.1, 0.15) is 30.4 Å². The highest BCUT2D eigenvalue weighted by Crippen LogP contribution is 2.35. The minimum atomic E-state index is -3.41. The number of nitrogens with one attached hydrogen (secondary N) is 3. The summed E-state index contributed by atoms with van der Waals surface area (Å²) in [6.07, 6.45) is 10.5. The molecule has 224 valence electrons. The maximum Gasteiger partial charge on any atom is 0.209 e. The van der Waals surface area contributed by atoms with Crippen molar-refractivity contribution in [3.63, 3.8) is 0 Å². The zero-order valence-corrected chi connectivity index (χ0v) is 25.1. The number of sulfonamides is 1. The summed E-state index contributed by atoms with van der Waals surface area (Å²) in [5, 5.41) is 9.55. The van der Waals surface area contributed by atoms with Gasteiger partial charge in [-0.05, 0) is 90.6 Å². The normalized spacial score (nSPS) is 14.5. The van der Waals surface area contributed by atoms with Crippen molar-refractivity contribution in [1.82, 2.24) is 34.8 Å². The Morgan fingerprint density at radius 3 is 2.59 bits per heavy atom. The maximum absolute atomic E-state index is 14.6. The van der Waals surface area contributed by atoms with E-state index in [9.17, 15) is 12.8 Å². The number of rotatable bonds is 8. The second-order valence-electron chi connectivity index (χ2n) is 11.5. The summed E-state index contributed by atoms with van der Waals surface area (Å²) in [7, 11) is -3.41. The lowest BCUT2D eigenvalue weighted by molar-refractivity contribution is 0.220. The molecule has 7 rings (SSSR count). The Morgan fingerprint density at radius 1 is 0.909 bits per heavy atom. The number of H-pyrrole nitrogens is 2. The van der Waals surface area contributed by atoms with Crippen LogP contribution in [0, 0.1) is 5.82 Å². The van der Waals surface area contributed by atoms with Crippen LogP contribution in [0.3, 0.4) is 0 Å². The molecule has 1 aliphatic heterocycles. The Balaban J connectivity index is 1.23. The summed E-state index contributed by atoms with van der Waals surface area (Å²) in [5.41, 5.74) is 8.21. The predicted molar refractivity (Wildman–Crippen MR) is 171 cm³/mol. The van der Waals surface area contributed by atoms with Crippen LogP contribution in [0.25, 0.3) is 55.6 Å². The van der Waals surface area contributed by atoms with Gasteiger partial charge in [0.15, 0.2) is 0 Å². The zero-order valence-electron chi connectivity index (χ0n) is 24.3. The fraction of sp³-hybridized carbons (Fsp3) is 0.242. The molecule has 4 aromatic heterocycles. The van der Waals surface area contributed by atoms with Crippen molar-refractivity contribution in [2.24, 2.45) is 0 Å². The number of likely N-dealkylation sites (tertiary alicyclic amines) is 1. The number of nitrogens with zero attached hydrogens (tertiary/aromatic N) is 4. The number of pyridine rings is 2. The summed E-state index contributed by atoms with van der Waals surface area (Å²) in [6.45, 7) is 3.14. The van der Waals surface area contributed by atoms with Crippen LogP contribution in [0.15, 0.2) is 73.2 Å². The Morgan fingerprint density at radius 2 is 1.75 bits per heavy atom. The second kappa shape index (κ2) is 11.6. The number of fused-ring (bicyclic) bond motifs is 2. The van der Waals surface area contributed by atoms with E-state index in [1.54, 1.807) is 12.3 Å². The van der Waals surface area contributed by atoms with E-state index in [0.29, 0.717) is 11.1 Å². The first-order chi connectivity index (χ1) is 21.3. The highest BCUT2D eigenvalue weighted by atomic mass is 32.2. The Bertz CT molecular complexity index is 2100. The first-order valence-electron chi connectivity index (χ1n) is 14.7. The van der Waals surface area contributed by atoms with Gasteiger partial charge in [0, 0.05) is 47.3 Å². The lowest BCUT2D eigenvalue weighted by Crippen LogP contribution is -2.29. The van der Waals surface area contributed by atoms with E-state index in [-0.39, 0.29) is 6.54 Å². The van der Waals surface area contributed by atoms with Crippen molar-refractivity contribution in [2.45, 2.75) is 32.4 Å². The van der Waals surface area contributed by atoms with Gasteiger partial charge in [-0.15, -0.1) is 0 Å². The van der Waals surface area contributed by atoms with Gasteiger partial charge in [0.2, 0.25) is 10.0 Å². The molecule has 1 fully saturated rings. The van der Waals surface area contributed by atoms with Gasteiger partial charge >= 0.3 is 0 Å². The van der Waals surface area contributed by atoms with Crippen molar-refractivity contribution in [2.75, 3.05) is 19.3 Å². The molecule has 3 N–H and O–H groups in total. The summed E-state index contributed by atoms with van der Waals surface area (Å²) in [5.74, 6) is -0.437.